The third-order valence-corrected chi connectivity index (χ3v) is 3.10. The number of fused-ring (bicyclic) bond motifs is 1. The number of rotatable bonds is 5. The maximum absolute atomic E-state index is 12.1. The zero-order chi connectivity index (χ0) is 13.1. The molecule has 4 radical (unpaired) electrons. The highest BCUT2D eigenvalue weighted by atomic mass is 16.5. The second-order valence-electron chi connectivity index (χ2n) is 4.44. The van der Waals surface area contributed by atoms with Crippen LogP contribution >= 0.6 is 0 Å². The van der Waals surface area contributed by atoms with E-state index < -0.39 is 5.94 Å². The largest absolute Gasteiger partial charge is 0.493 e. The first-order valence-electron chi connectivity index (χ1n) is 6.19. The molecular weight excluding hydrogens is 224 g/mol. The van der Waals surface area contributed by atoms with Crippen molar-refractivity contribution in [2.24, 2.45) is 0 Å². The number of hydrogen-bond acceptors (Lipinski definition) is 3. The van der Waals surface area contributed by atoms with Crippen LogP contribution < -0.4 is 10.1 Å². The van der Waals surface area contributed by atoms with Crippen LogP contribution in [0.2, 0.25) is 0 Å². The van der Waals surface area contributed by atoms with Crippen LogP contribution in [0.4, 0.5) is 0 Å². The first-order valence-corrected chi connectivity index (χ1v) is 6.19. The number of ether oxygens (including phenoxy) is 1. The van der Waals surface area contributed by atoms with Gasteiger partial charge in [0, 0.05) is 17.9 Å². The average molecular weight is 239 g/mol. The Morgan fingerprint density at radius 1 is 1.50 bits per heavy atom. The summed E-state index contributed by atoms with van der Waals surface area (Å²) in [6, 6.07) is 5.46. The van der Waals surface area contributed by atoms with Gasteiger partial charge in [-0.3, -0.25) is 4.79 Å². The third kappa shape index (κ3) is 2.78. The van der Waals surface area contributed by atoms with Crippen LogP contribution in [0.3, 0.4) is 0 Å². The van der Waals surface area contributed by atoms with Gasteiger partial charge in [0.15, 0.2) is 5.78 Å². The minimum atomic E-state index is -0.778. The Bertz CT molecular complexity index is 451. The van der Waals surface area contributed by atoms with Crippen molar-refractivity contribution in [3.05, 3.63) is 29.3 Å². The lowest BCUT2D eigenvalue weighted by molar-refractivity contribution is 0.0973. The van der Waals surface area contributed by atoms with Gasteiger partial charge in [0.1, 0.15) is 13.6 Å². The molecule has 0 spiro atoms. The summed E-state index contributed by atoms with van der Waals surface area (Å²) in [4.78, 5) is 12.1. The molecule has 2 atom stereocenters. The quantitative estimate of drug-likeness (QED) is 0.609. The van der Waals surface area contributed by atoms with Crippen LogP contribution in [0.1, 0.15) is 29.3 Å². The number of ketones is 1. The van der Waals surface area contributed by atoms with Crippen LogP contribution in [0.15, 0.2) is 18.2 Å². The number of hydrogen-bond donors (Lipinski definition) is 1. The molecule has 1 unspecified atom stereocenters. The minimum absolute atomic E-state index is 0.169. The summed E-state index contributed by atoms with van der Waals surface area (Å²) >= 11 is 0. The monoisotopic (exact) mass is 239 g/mol. The number of Topliss-reactive ketones (excluding diaryl/α,β-unsaturated/α-hetero) is 1. The van der Waals surface area contributed by atoms with Crippen LogP contribution in [0.25, 0.3) is 0 Å². The summed E-state index contributed by atoms with van der Waals surface area (Å²) in [5.41, 5.74) is 1.69. The minimum Gasteiger partial charge on any atom is -0.493 e. The van der Waals surface area contributed by atoms with Crippen molar-refractivity contribution in [2.45, 2.75) is 31.6 Å². The summed E-state index contributed by atoms with van der Waals surface area (Å²) in [5, 5.41) is 2.86. The summed E-state index contributed by atoms with van der Waals surface area (Å²) in [6.45, 7) is 2.61. The molecular formula is C13H15B2NO2. The lowest BCUT2D eigenvalue weighted by Gasteiger charge is -2.18. The smallest absolute Gasteiger partial charge is 0.170 e. The molecule has 1 aromatic carbocycles. The molecule has 1 aromatic rings. The topological polar surface area (TPSA) is 38.3 Å². The van der Waals surface area contributed by atoms with Crippen molar-refractivity contribution in [1.82, 2.24) is 5.32 Å². The number of carbonyl (C=O) groups is 1. The molecule has 90 valence electrons. The van der Waals surface area contributed by atoms with Gasteiger partial charge in [-0.05, 0) is 24.0 Å². The molecule has 0 amide bonds. The van der Waals surface area contributed by atoms with Crippen molar-refractivity contribution in [3.63, 3.8) is 0 Å². The Kier molecular flexibility index (Phi) is 4.12. The molecule has 0 saturated carbocycles. The Labute approximate surface area is 110 Å². The number of nitrogens with one attached hydrogen (secondary N) is 1. The molecule has 1 N–H and O–H groups in total. The van der Waals surface area contributed by atoms with Crippen LogP contribution in [-0.2, 0) is 6.42 Å². The standard InChI is InChI=1S/C13H15B2NO2/c1-2-11(14)16-13(15)12(17)9-4-3-8-5-6-18-10(8)7-9/h3-4,7,11,13,16H,2,5-6H2,1H3/t11?,13-/m1/s1. The lowest BCUT2D eigenvalue weighted by atomic mass is 9.84. The molecule has 5 heteroatoms. The predicted octanol–water partition coefficient (Wildman–Crippen LogP) is 0.793. The highest BCUT2D eigenvalue weighted by molar-refractivity contribution is 6.28. The predicted molar refractivity (Wildman–Crippen MR) is 72.5 cm³/mol. The Morgan fingerprint density at radius 3 is 3.00 bits per heavy atom. The Morgan fingerprint density at radius 2 is 2.28 bits per heavy atom. The molecule has 1 heterocycles. The second-order valence-corrected chi connectivity index (χ2v) is 4.44. The van der Waals surface area contributed by atoms with Gasteiger partial charge >= 0.3 is 0 Å². The van der Waals surface area contributed by atoms with Gasteiger partial charge < -0.3 is 10.1 Å². The van der Waals surface area contributed by atoms with E-state index in [0.29, 0.717) is 18.6 Å². The van der Waals surface area contributed by atoms with Gasteiger partial charge in [0.2, 0.25) is 0 Å². The normalized spacial score (nSPS) is 16.7. The van der Waals surface area contributed by atoms with Crippen molar-refractivity contribution >= 4 is 21.5 Å². The lowest BCUT2D eigenvalue weighted by Crippen LogP contribution is -2.43. The highest BCUT2D eigenvalue weighted by Crippen LogP contribution is 2.26. The molecule has 2 rings (SSSR count). The second kappa shape index (κ2) is 5.61. The van der Waals surface area contributed by atoms with Gasteiger partial charge in [-0.15, -0.1) is 0 Å². The molecule has 0 bridgehead atoms. The molecule has 1 aliphatic heterocycles. The van der Waals surface area contributed by atoms with Crippen molar-refractivity contribution in [2.75, 3.05) is 6.61 Å². The van der Waals surface area contributed by atoms with Crippen LogP contribution in [0, 0.1) is 0 Å². The molecule has 3 nitrogen and oxygen atoms in total. The van der Waals surface area contributed by atoms with E-state index in [1.165, 1.54) is 0 Å². The van der Waals surface area contributed by atoms with Gasteiger partial charge in [-0.2, -0.15) is 0 Å². The molecule has 0 aromatic heterocycles. The van der Waals surface area contributed by atoms with E-state index in [0.717, 1.165) is 17.7 Å². The highest BCUT2D eigenvalue weighted by Gasteiger charge is 2.19. The maximum atomic E-state index is 12.1. The van der Waals surface area contributed by atoms with Gasteiger partial charge in [0.05, 0.1) is 14.5 Å². The van der Waals surface area contributed by atoms with E-state index in [1.807, 2.05) is 13.0 Å². The summed E-state index contributed by atoms with van der Waals surface area (Å²) in [7, 11) is 11.5. The summed E-state index contributed by atoms with van der Waals surface area (Å²) in [6.07, 6.45) is 1.61. The van der Waals surface area contributed by atoms with Crippen molar-refractivity contribution in [3.8, 4) is 5.75 Å². The fraction of sp³-hybridized carbons (Fsp3) is 0.462. The average Bonchev–Trinajstić information content (AvgIpc) is 2.84. The van der Waals surface area contributed by atoms with Crippen LogP contribution in [0.5, 0.6) is 5.75 Å². The van der Waals surface area contributed by atoms with Gasteiger partial charge in [-0.25, -0.2) is 0 Å². The zero-order valence-corrected chi connectivity index (χ0v) is 10.5. The van der Waals surface area contributed by atoms with Gasteiger partial charge in [0.25, 0.3) is 0 Å². The van der Waals surface area contributed by atoms with E-state index in [-0.39, 0.29) is 11.7 Å². The van der Waals surface area contributed by atoms with E-state index >= 15 is 0 Å². The molecule has 0 aliphatic carbocycles. The maximum Gasteiger partial charge on any atom is 0.170 e. The Balaban J connectivity index is 2.09. The number of carbonyl (C=O) groups excluding carboxylic acids is 1. The van der Waals surface area contributed by atoms with E-state index in [1.54, 1.807) is 12.1 Å². The van der Waals surface area contributed by atoms with E-state index in [9.17, 15) is 4.79 Å². The first-order chi connectivity index (χ1) is 8.61. The van der Waals surface area contributed by atoms with E-state index in [2.05, 4.69) is 5.32 Å². The summed E-state index contributed by atoms with van der Waals surface area (Å²) < 4.78 is 5.43. The van der Waals surface area contributed by atoms with Gasteiger partial charge in [-0.1, -0.05) is 19.1 Å². The first kappa shape index (κ1) is 13.2. The Hall–Kier alpha value is -1.22. The fourth-order valence-electron chi connectivity index (χ4n) is 1.92. The molecule has 1 aliphatic rings. The van der Waals surface area contributed by atoms with Crippen molar-refractivity contribution < 1.29 is 9.53 Å². The third-order valence-electron chi connectivity index (χ3n) is 3.10. The molecule has 18 heavy (non-hydrogen) atoms. The SMILES string of the molecule is [B]C(CC)N[C@@H]([B])C(=O)c1ccc2c(c1)OCC2. The number of benzene rings is 1. The fourth-order valence-corrected chi connectivity index (χ4v) is 1.92. The van der Waals surface area contributed by atoms with Crippen LogP contribution in [-0.4, -0.2) is 40.0 Å². The van der Waals surface area contributed by atoms with Crippen molar-refractivity contribution in [1.29, 1.82) is 0 Å². The molecule has 0 fully saturated rings. The van der Waals surface area contributed by atoms with E-state index in [4.69, 9.17) is 20.4 Å². The zero-order valence-electron chi connectivity index (χ0n) is 10.5. The summed E-state index contributed by atoms with van der Waals surface area (Å²) in [5.74, 6) is -0.431. The molecule has 0 saturated heterocycles.